The lowest BCUT2D eigenvalue weighted by molar-refractivity contribution is 0.313. The van der Waals surface area contributed by atoms with Crippen LogP contribution in [-0.2, 0) is 4.74 Å². The molecule has 0 radical (unpaired) electrons. The lowest BCUT2D eigenvalue weighted by Crippen LogP contribution is -2.21. The van der Waals surface area contributed by atoms with E-state index in [1.807, 2.05) is 25.1 Å². The van der Waals surface area contributed by atoms with Crippen LogP contribution < -0.4 is 9.64 Å². The van der Waals surface area contributed by atoms with Crippen LogP contribution in [0.1, 0.15) is 33.3 Å². The Labute approximate surface area is 171 Å². The van der Waals surface area contributed by atoms with Gasteiger partial charge in [0.05, 0.1) is 0 Å². The van der Waals surface area contributed by atoms with Gasteiger partial charge in [-0.05, 0) is 63.6 Å². The summed E-state index contributed by atoms with van der Waals surface area (Å²) in [5, 5.41) is 18.3. The molecule has 0 bridgehead atoms. The van der Waals surface area contributed by atoms with Gasteiger partial charge in [0.15, 0.2) is 0 Å². The van der Waals surface area contributed by atoms with Crippen molar-refractivity contribution in [3.63, 3.8) is 0 Å². The van der Waals surface area contributed by atoms with Gasteiger partial charge in [-0.2, -0.15) is 10.5 Å². The summed E-state index contributed by atoms with van der Waals surface area (Å²) in [7, 11) is 0. The fourth-order valence-corrected chi connectivity index (χ4v) is 3.39. The Morgan fingerprint density at radius 3 is 2.41 bits per heavy atom. The molecule has 2 aliphatic heterocycles. The SMILES string of the molecule is CCN(CC)c1ccc2c(c1)O/C(=C/C1=CC(=C(C#N)C#N)C=C(C)O1)C=C2C. The highest BCUT2D eigenvalue weighted by Gasteiger charge is 2.18. The van der Waals surface area contributed by atoms with E-state index >= 15 is 0 Å². The zero-order chi connectivity index (χ0) is 21.0. The summed E-state index contributed by atoms with van der Waals surface area (Å²) < 4.78 is 11.9. The van der Waals surface area contributed by atoms with Crippen LogP contribution >= 0.6 is 0 Å². The van der Waals surface area contributed by atoms with E-state index in [-0.39, 0.29) is 5.57 Å². The number of nitriles is 2. The van der Waals surface area contributed by atoms with E-state index in [0.29, 0.717) is 22.9 Å². The first kappa shape index (κ1) is 20.0. The molecule has 2 heterocycles. The molecule has 1 aromatic carbocycles. The number of nitrogens with zero attached hydrogens (tertiary/aromatic N) is 3. The molecular formula is C24H23N3O2. The van der Waals surface area contributed by atoms with Gasteiger partial charge in [0.25, 0.3) is 0 Å². The molecule has 0 unspecified atom stereocenters. The number of anilines is 1. The second kappa shape index (κ2) is 8.54. The molecular weight excluding hydrogens is 362 g/mol. The third-order valence-electron chi connectivity index (χ3n) is 4.84. The highest BCUT2D eigenvalue weighted by Crippen LogP contribution is 2.36. The number of allylic oxidation sites excluding steroid dienone is 8. The van der Waals surface area contributed by atoms with E-state index in [1.54, 1.807) is 25.2 Å². The molecule has 146 valence electrons. The molecule has 5 heteroatoms. The van der Waals surface area contributed by atoms with Crippen molar-refractivity contribution < 1.29 is 9.47 Å². The van der Waals surface area contributed by atoms with E-state index in [1.165, 1.54) is 0 Å². The van der Waals surface area contributed by atoms with Gasteiger partial charge in [-0.25, -0.2) is 0 Å². The van der Waals surface area contributed by atoms with E-state index < -0.39 is 0 Å². The number of rotatable bonds is 4. The maximum Gasteiger partial charge on any atom is 0.137 e. The van der Waals surface area contributed by atoms with E-state index in [0.717, 1.165) is 35.7 Å². The van der Waals surface area contributed by atoms with Crippen molar-refractivity contribution in [2.45, 2.75) is 27.7 Å². The standard InChI is InChI=1S/C24H23N3O2/c1-5-27(6-2)20-7-8-23-16(3)9-21(29-24(23)12-20)13-22-11-18(10-17(4)28-22)19(14-25)15-26/h7-13H,5-6H2,1-4H3/b21-13+. The summed E-state index contributed by atoms with van der Waals surface area (Å²) in [4.78, 5) is 2.27. The number of ether oxygens (including phenoxy) is 2. The van der Waals surface area contributed by atoms with Crippen LogP contribution in [-0.4, -0.2) is 13.1 Å². The van der Waals surface area contributed by atoms with E-state index in [4.69, 9.17) is 20.0 Å². The van der Waals surface area contributed by atoms with Gasteiger partial charge >= 0.3 is 0 Å². The van der Waals surface area contributed by atoms with Gasteiger partial charge < -0.3 is 14.4 Å². The Hall–Kier alpha value is -3.70. The monoisotopic (exact) mass is 385 g/mol. The highest BCUT2D eigenvalue weighted by atomic mass is 16.5. The fraction of sp³-hybridized carbons (Fsp3) is 0.250. The third-order valence-corrected chi connectivity index (χ3v) is 4.84. The molecule has 5 nitrogen and oxygen atoms in total. The van der Waals surface area contributed by atoms with Crippen LogP contribution in [0.25, 0.3) is 5.57 Å². The number of benzene rings is 1. The molecule has 0 amide bonds. The molecule has 1 aromatic rings. The molecule has 3 rings (SSSR count). The molecule has 2 aliphatic rings. The molecule has 0 fully saturated rings. The summed E-state index contributed by atoms with van der Waals surface area (Å²) >= 11 is 0. The van der Waals surface area contributed by atoms with Gasteiger partial charge in [-0.15, -0.1) is 0 Å². The summed E-state index contributed by atoms with van der Waals surface area (Å²) in [6, 6.07) is 10.1. The highest BCUT2D eigenvalue weighted by molar-refractivity contribution is 5.76. The van der Waals surface area contributed by atoms with Crippen molar-refractivity contribution in [2.24, 2.45) is 0 Å². The summed E-state index contributed by atoms with van der Waals surface area (Å²) in [6.45, 7) is 9.94. The van der Waals surface area contributed by atoms with Crippen LogP contribution in [0.2, 0.25) is 0 Å². The minimum Gasteiger partial charge on any atom is -0.462 e. The van der Waals surface area contributed by atoms with Gasteiger partial charge in [0.1, 0.15) is 40.7 Å². The van der Waals surface area contributed by atoms with Crippen molar-refractivity contribution in [2.75, 3.05) is 18.0 Å². The van der Waals surface area contributed by atoms with Crippen LogP contribution in [0.5, 0.6) is 5.75 Å². The Balaban J connectivity index is 1.97. The summed E-state index contributed by atoms with van der Waals surface area (Å²) in [5.74, 6) is 2.57. The Morgan fingerprint density at radius 2 is 1.76 bits per heavy atom. The molecule has 0 saturated heterocycles. The number of hydrogen-bond acceptors (Lipinski definition) is 5. The first-order valence-corrected chi connectivity index (χ1v) is 9.58. The van der Waals surface area contributed by atoms with Crippen LogP contribution in [0, 0.1) is 22.7 Å². The molecule has 0 saturated carbocycles. The van der Waals surface area contributed by atoms with Crippen molar-refractivity contribution in [3.05, 3.63) is 76.5 Å². The normalized spacial score (nSPS) is 16.3. The summed E-state index contributed by atoms with van der Waals surface area (Å²) in [5.41, 5.74) is 3.86. The van der Waals surface area contributed by atoms with Crippen LogP contribution in [0.3, 0.4) is 0 Å². The molecule has 0 N–H and O–H groups in total. The predicted molar refractivity (Wildman–Crippen MR) is 114 cm³/mol. The average Bonchev–Trinajstić information content (AvgIpc) is 2.69. The third kappa shape index (κ3) is 4.25. The first-order valence-electron chi connectivity index (χ1n) is 9.58. The second-order valence-electron chi connectivity index (χ2n) is 6.79. The van der Waals surface area contributed by atoms with Crippen molar-refractivity contribution in [1.29, 1.82) is 10.5 Å². The maximum absolute atomic E-state index is 9.14. The lowest BCUT2D eigenvalue weighted by Gasteiger charge is -2.25. The van der Waals surface area contributed by atoms with Crippen LogP contribution in [0.15, 0.2) is 70.9 Å². The van der Waals surface area contributed by atoms with Gasteiger partial charge in [0, 0.05) is 42.1 Å². The fourth-order valence-electron chi connectivity index (χ4n) is 3.39. The van der Waals surface area contributed by atoms with Gasteiger partial charge in [-0.3, -0.25) is 0 Å². The predicted octanol–water partition coefficient (Wildman–Crippen LogP) is 5.37. The zero-order valence-corrected chi connectivity index (χ0v) is 17.1. The lowest BCUT2D eigenvalue weighted by atomic mass is 10.0. The van der Waals surface area contributed by atoms with E-state index in [2.05, 4.69) is 36.9 Å². The first-order chi connectivity index (χ1) is 14.0. The summed E-state index contributed by atoms with van der Waals surface area (Å²) in [6.07, 6.45) is 7.09. The van der Waals surface area contributed by atoms with Gasteiger partial charge in [0.2, 0.25) is 0 Å². The number of fused-ring (bicyclic) bond motifs is 1. The quantitative estimate of drug-likeness (QED) is 0.651. The minimum absolute atomic E-state index is 0.0500. The van der Waals surface area contributed by atoms with Crippen molar-refractivity contribution >= 4 is 11.3 Å². The van der Waals surface area contributed by atoms with Crippen LogP contribution in [0.4, 0.5) is 5.69 Å². The van der Waals surface area contributed by atoms with E-state index in [9.17, 15) is 0 Å². The number of hydrogen-bond donors (Lipinski definition) is 0. The molecule has 29 heavy (non-hydrogen) atoms. The molecule has 0 spiro atoms. The smallest absolute Gasteiger partial charge is 0.137 e. The Bertz CT molecular complexity index is 1050. The Morgan fingerprint density at radius 1 is 1.03 bits per heavy atom. The molecule has 0 aromatic heterocycles. The average molecular weight is 385 g/mol. The molecule has 0 atom stereocenters. The Kier molecular flexibility index (Phi) is 5.90. The maximum atomic E-state index is 9.14. The zero-order valence-electron chi connectivity index (χ0n) is 17.1. The van der Waals surface area contributed by atoms with Crippen molar-refractivity contribution in [1.82, 2.24) is 0 Å². The van der Waals surface area contributed by atoms with Gasteiger partial charge in [-0.1, -0.05) is 0 Å². The minimum atomic E-state index is 0.0500. The topological polar surface area (TPSA) is 69.3 Å². The largest absolute Gasteiger partial charge is 0.462 e. The van der Waals surface area contributed by atoms with Crippen molar-refractivity contribution in [3.8, 4) is 17.9 Å². The second-order valence-corrected chi connectivity index (χ2v) is 6.79. The molecule has 0 aliphatic carbocycles.